The van der Waals surface area contributed by atoms with Gasteiger partial charge in [-0.25, -0.2) is 0 Å². The number of carbonyl (C=O) groups excluding carboxylic acids is 1. The molecule has 2 atom stereocenters. The number of likely N-dealkylation sites (tertiary alicyclic amines) is 1. The van der Waals surface area contributed by atoms with Crippen LogP contribution in [0.25, 0.3) is 0 Å². The number of nitrogens with one attached hydrogen (secondary N) is 2. The molecule has 0 aliphatic carbocycles. The third-order valence-corrected chi connectivity index (χ3v) is 5.52. The van der Waals surface area contributed by atoms with Gasteiger partial charge in [-0.05, 0) is 46.3 Å². The lowest BCUT2D eigenvalue weighted by Gasteiger charge is -2.23. The Labute approximate surface area is 162 Å². The lowest BCUT2D eigenvalue weighted by molar-refractivity contribution is -0.910. The molecule has 26 heavy (non-hydrogen) atoms. The van der Waals surface area contributed by atoms with E-state index in [1.165, 1.54) is 4.90 Å². The van der Waals surface area contributed by atoms with Gasteiger partial charge in [-0.1, -0.05) is 12.1 Å². The van der Waals surface area contributed by atoms with Crippen molar-refractivity contribution in [3.8, 4) is 11.5 Å². The van der Waals surface area contributed by atoms with Gasteiger partial charge in [0.05, 0.1) is 32.0 Å². The van der Waals surface area contributed by atoms with Crippen LogP contribution in [0, 0.1) is 0 Å². The number of ether oxygens (including phenoxy) is 2. The van der Waals surface area contributed by atoms with E-state index in [2.05, 4.69) is 21.2 Å². The van der Waals surface area contributed by atoms with E-state index >= 15 is 0 Å². The second-order valence-corrected chi connectivity index (χ2v) is 7.27. The average Bonchev–Trinajstić information content (AvgIpc) is 3.10. The van der Waals surface area contributed by atoms with Crippen LogP contribution in [0.2, 0.25) is 0 Å². The maximum Gasteiger partial charge on any atom is 0.279 e. The highest BCUT2D eigenvalue weighted by molar-refractivity contribution is 9.10. The van der Waals surface area contributed by atoms with Gasteiger partial charge < -0.3 is 19.7 Å². The summed E-state index contributed by atoms with van der Waals surface area (Å²) < 4.78 is 11.8. The zero-order valence-electron chi connectivity index (χ0n) is 15.0. The number of hydrogen-bond donors (Lipinski definition) is 2. The summed E-state index contributed by atoms with van der Waals surface area (Å²) >= 11 is 3.47. The van der Waals surface area contributed by atoms with Crippen molar-refractivity contribution < 1.29 is 19.2 Å². The van der Waals surface area contributed by atoms with Crippen molar-refractivity contribution in [3.05, 3.63) is 52.5 Å². The number of para-hydroxylation sites is 1. The third kappa shape index (κ3) is 4.19. The molecule has 2 N–H and O–H groups in total. The molecule has 0 saturated carbocycles. The van der Waals surface area contributed by atoms with Crippen LogP contribution in [0.15, 0.2) is 46.9 Å². The summed E-state index contributed by atoms with van der Waals surface area (Å²) in [6, 6.07) is 13.7. The first kappa shape index (κ1) is 18.7. The Balaban J connectivity index is 1.74. The number of carbonyl (C=O) groups is 1. The van der Waals surface area contributed by atoms with E-state index in [0.717, 1.165) is 46.6 Å². The molecule has 1 heterocycles. The highest BCUT2D eigenvalue weighted by atomic mass is 79.9. The molecule has 0 bridgehead atoms. The molecule has 0 spiro atoms. The topological polar surface area (TPSA) is 52.0 Å². The molecule has 0 radical (unpaired) electrons. The lowest BCUT2D eigenvalue weighted by atomic mass is 10.0. The summed E-state index contributed by atoms with van der Waals surface area (Å²) in [5, 5.41) is 3.00. The summed E-state index contributed by atoms with van der Waals surface area (Å²) in [4.78, 5) is 13.8. The van der Waals surface area contributed by atoms with Gasteiger partial charge in [-0.3, -0.25) is 4.79 Å². The molecule has 2 aromatic rings. The van der Waals surface area contributed by atoms with Gasteiger partial charge >= 0.3 is 0 Å². The van der Waals surface area contributed by atoms with Crippen LogP contribution in [0.1, 0.15) is 24.4 Å². The van der Waals surface area contributed by atoms with Gasteiger partial charge in [0, 0.05) is 17.3 Å². The van der Waals surface area contributed by atoms with Crippen LogP contribution in [-0.4, -0.2) is 33.2 Å². The molecule has 5 nitrogen and oxygen atoms in total. The van der Waals surface area contributed by atoms with E-state index in [1.54, 1.807) is 14.2 Å². The first-order valence-corrected chi connectivity index (χ1v) is 9.52. The van der Waals surface area contributed by atoms with Crippen molar-refractivity contribution >= 4 is 27.5 Å². The largest absolute Gasteiger partial charge is 0.497 e. The SMILES string of the molecule is COc1ccc(OC)c([C@@H]2CCC[NH+]2CC(=O)Nc2ccccc2Br)c1. The summed E-state index contributed by atoms with van der Waals surface area (Å²) in [6.45, 7) is 1.39. The summed E-state index contributed by atoms with van der Waals surface area (Å²) in [5.41, 5.74) is 1.90. The Hall–Kier alpha value is -2.05. The van der Waals surface area contributed by atoms with Gasteiger partial charge in [-0.2, -0.15) is 0 Å². The number of rotatable bonds is 6. The fourth-order valence-corrected chi connectivity index (χ4v) is 3.96. The van der Waals surface area contributed by atoms with Gasteiger partial charge in [0.25, 0.3) is 5.91 Å². The molecule has 1 aliphatic heterocycles. The minimum Gasteiger partial charge on any atom is -0.497 e. The van der Waals surface area contributed by atoms with Crippen molar-refractivity contribution in [1.82, 2.24) is 0 Å². The van der Waals surface area contributed by atoms with Gasteiger partial charge in [0.1, 0.15) is 17.5 Å². The molecular weight excluding hydrogens is 396 g/mol. The predicted molar refractivity (Wildman–Crippen MR) is 105 cm³/mol. The Morgan fingerprint density at radius 3 is 2.77 bits per heavy atom. The number of halogens is 1. The number of quaternary nitrogens is 1. The maximum atomic E-state index is 12.6. The monoisotopic (exact) mass is 419 g/mol. The van der Waals surface area contributed by atoms with E-state index in [1.807, 2.05) is 42.5 Å². The van der Waals surface area contributed by atoms with Crippen LogP contribution in [-0.2, 0) is 4.79 Å². The molecular formula is C20H24BrN2O3+. The van der Waals surface area contributed by atoms with Gasteiger partial charge in [0.15, 0.2) is 6.54 Å². The van der Waals surface area contributed by atoms with Crippen LogP contribution in [0.5, 0.6) is 11.5 Å². The van der Waals surface area contributed by atoms with Crippen LogP contribution in [0.3, 0.4) is 0 Å². The number of amides is 1. The normalized spacial score (nSPS) is 19.2. The fraction of sp³-hybridized carbons (Fsp3) is 0.350. The highest BCUT2D eigenvalue weighted by Gasteiger charge is 2.34. The Morgan fingerprint density at radius 2 is 2.04 bits per heavy atom. The van der Waals surface area contributed by atoms with E-state index in [4.69, 9.17) is 9.47 Å². The molecule has 1 aliphatic rings. The summed E-state index contributed by atoms with van der Waals surface area (Å²) in [6.07, 6.45) is 2.11. The van der Waals surface area contributed by atoms with Crippen molar-refractivity contribution in [1.29, 1.82) is 0 Å². The number of anilines is 1. The molecule has 138 valence electrons. The summed E-state index contributed by atoms with van der Waals surface area (Å²) in [5.74, 6) is 1.67. The first-order chi connectivity index (χ1) is 12.6. The van der Waals surface area contributed by atoms with E-state index in [9.17, 15) is 4.79 Å². The average molecular weight is 420 g/mol. The minimum absolute atomic E-state index is 0.0145. The zero-order chi connectivity index (χ0) is 18.5. The lowest BCUT2D eigenvalue weighted by Crippen LogP contribution is -3.11. The molecule has 1 unspecified atom stereocenters. The van der Waals surface area contributed by atoms with Crippen molar-refractivity contribution in [2.24, 2.45) is 0 Å². The van der Waals surface area contributed by atoms with Crippen molar-refractivity contribution in [3.63, 3.8) is 0 Å². The van der Waals surface area contributed by atoms with Gasteiger partial charge in [0.2, 0.25) is 0 Å². The van der Waals surface area contributed by atoms with Crippen LogP contribution < -0.4 is 19.7 Å². The molecule has 6 heteroatoms. The summed E-state index contributed by atoms with van der Waals surface area (Å²) in [7, 11) is 3.34. The van der Waals surface area contributed by atoms with E-state index in [0.29, 0.717) is 6.54 Å². The number of benzene rings is 2. The molecule has 1 amide bonds. The molecule has 1 saturated heterocycles. The fourth-order valence-electron chi connectivity index (χ4n) is 3.57. The molecule has 1 fully saturated rings. The van der Waals surface area contributed by atoms with E-state index < -0.39 is 0 Å². The standard InChI is InChI=1S/C20H23BrN2O3/c1-25-14-9-10-19(26-2)15(12-14)18-8-5-11-23(18)13-20(24)22-17-7-4-3-6-16(17)21/h3-4,6-7,9-10,12,18H,5,8,11,13H2,1-2H3,(H,22,24)/p+1/t18-/m0/s1. The number of methoxy groups -OCH3 is 2. The molecule has 0 aromatic heterocycles. The Morgan fingerprint density at radius 1 is 1.23 bits per heavy atom. The van der Waals surface area contributed by atoms with Crippen LogP contribution in [0.4, 0.5) is 5.69 Å². The Bertz CT molecular complexity index is 781. The maximum absolute atomic E-state index is 12.6. The molecule has 3 rings (SSSR count). The van der Waals surface area contributed by atoms with Crippen molar-refractivity contribution in [2.75, 3.05) is 32.6 Å². The molecule has 2 aromatic carbocycles. The quantitative estimate of drug-likeness (QED) is 0.756. The zero-order valence-corrected chi connectivity index (χ0v) is 16.6. The predicted octanol–water partition coefficient (Wildman–Crippen LogP) is 2.82. The first-order valence-electron chi connectivity index (χ1n) is 8.73. The second-order valence-electron chi connectivity index (χ2n) is 6.42. The third-order valence-electron chi connectivity index (χ3n) is 4.83. The second kappa shape index (κ2) is 8.56. The Kier molecular flexibility index (Phi) is 6.16. The van der Waals surface area contributed by atoms with Crippen LogP contribution >= 0.6 is 15.9 Å². The van der Waals surface area contributed by atoms with Gasteiger partial charge in [-0.15, -0.1) is 0 Å². The van der Waals surface area contributed by atoms with Crippen molar-refractivity contribution in [2.45, 2.75) is 18.9 Å². The highest BCUT2D eigenvalue weighted by Crippen LogP contribution is 2.31. The number of hydrogen-bond acceptors (Lipinski definition) is 3. The smallest absolute Gasteiger partial charge is 0.279 e. The minimum atomic E-state index is 0.0145. The van der Waals surface area contributed by atoms with E-state index in [-0.39, 0.29) is 11.9 Å².